The number of ether oxygens (including phenoxy) is 4. The first-order valence-corrected chi connectivity index (χ1v) is 8.45. The highest BCUT2D eigenvalue weighted by atomic mass is 16.7. The number of aliphatic hydroxyl groups excluding tert-OH is 2. The minimum absolute atomic E-state index is 0.00887. The van der Waals surface area contributed by atoms with Crippen molar-refractivity contribution >= 4 is 0 Å². The van der Waals surface area contributed by atoms with Crippen molar-refractivity contribution in [3.8, 4) is 5.75 Å². The molecule has 3 atom stereocenters. The maximum Gasteiger partial charge on any atom is 0.146 e. The Kier molecular flexibility index (Phi) is 10.8. The summed E-state index contributed by atoms with van der Waals surface area (Å²) < 4.78 is 20.6. The molecule has 0 saturated heterocycles. The lowest BCUT2D eigenvalue weighted by molar-refractivity contribution is -0.0810. The minimum Gasteiger partial charge on any atom is -0.497 e. The molecule has 0 saturated carbocycles. The molecule has 0 radical (unpaired) electrons. The van der Waals surface area contributed by atoms with E-state index in [4.69, 9.17) is 18.9 Å². The molecule has 6 heteroatoms. The van der Waals surface area contributed by atoms with Crippen LogP contribution in [0.4, 0.5) is 0 Å². The highest BCUT2D eigenvalue weighted by molar-refractivity contribution is 5.26. The van der Waals surface area contributed by atoms with E-state index in [1.165, 1.54) is 13.2 Å². The first kappa shape index (κ1) is 22.3. The molecule has 0 bridgehead atoms. The van der Waals surface area contributed by atoms with Gasteiger partial charge in [0.25, 0.3) is 0 Å². The smallest absolute Gasteiger partial charge is 0.146 e. The molecule has 0 aliphatic heterocycles. The van der Waals surface area contributed by atoms with Gasteiger partial charge in [-0.1, -0.05) is 36.4 Å². The van der Waals surface area contributed by atoms with Crippen LogP contribution in [0, 0.1) is 5.92 Å². The van der Waals surface area contributed by atoms with Crippen molar-refractivity contribution in [3.63, 3.8) is 0 Å². The first-order chi connectivity index (χ1) is 12.5. The molecule has 0 aromatic heterocycles. The zero-order chi connectivity index (χ0) is 19.4. The average Bonchev–Trinajstić information content (AvgIpc) is 2.64. The van der Waals surface area contributed by atoms with Gasteiger partial charge in [-0.2, -0.15) is 0 Å². The standard InChI is InChI=1S/C20H30O6/c1-15(2)17(7-10-19(21)20(22)13-26-14-23-3)12-25-11-16-5-8-18(24-4)9-6-16/h5-10,17,19-22H,1,11-14H2,2-4H3/t17-,19+,20-/m1/s1. The lowest BCUT2D eigenvalue weighted by Crippen LogP contribution is -2.29. The number of hydrogen-bond acceptors (Lipinski definition) is 6. The van der Waals surface area contributed by atoms with Gasteiger partial charge in [0.15, 0.2) is 0 Å². The SMILES string of the molecule is C=C(C)[C@H](C=C[C@H](O)[C@H](O)COCOC)COCc1ccc(OC)cc1. The van der Waals surface area contributed by atoms with Crippen LogP contribution in [-0.4, -0.2) is 56.6 Å². The Morgan fingerprint density at radius 1 is 1.08 bits per heavy atom. The third-order valence-electron chi connectivity index (χ3n) is 3.78. The molecule has 1 aromatic rings. The lowest BCUT2D eigenvalue weighted by atomic mass is 10.0. The Balaban J connectivity index is 2.45. The summed E-state index contributed by atoms with van der Waals surface area (Å²) in [5, 5.41) is 19.8. The second-order valence-electron chi connectivity index (χ2n) is 6.04. The van der Waals surface area contributed by atoms with Crippen LogP contribution >= 0.6 is 0 Å². The van der Waals surface area contributed by atoms with Gasteiger partial charge in [-0.25, -0.2) is 0 Å². The molecule has 0 heterocycles. The largest absolute Gasteiger partial charge is 0.497 e. The molecular formula is C20H30O6. The van der Waals surface area contributed by atoms with E-state index in [1.807, 2.05) is 31.2 Å². The number of rotatable bonds is 13. The van der Waals surface area contributed by atoms with Crippen molar-refractivity contribution in [2.24, 2.45) is 5.92 Å². The van der Waals surface area contributed by atoms with Crippen molar-refractivity contribution in [2.45, 2.75) is 25.7 Å². The summed E-state index contributed by atoms with van der Waals surface area (Å²) in [6, 6.07) is 7.67. The van der Waals surface area contributed by atoms with Crippen LogP contribution in [0.25, 0.3) is 0 Å². The molecule has 0 spiro atoms. The quantitative estimate of drug-likeness (QED) is 0.317. The summed E-state index contributed by atoms with van der Waals surface area (Å²) >= 11 is 0. The van der Waals surface area contributed by atoms with Crippen LogP contribution in [-0.2, 0) is 20.8 Å². The van der Waals surface area contributed by atoms with E-state index in [0.717, 1.165) is 16.9 Å². The molecule has 0 unspecified atom stereocenters. The zero-order valence-corrected chi connectivity index (χ0v) is 15.8. The Morgan fingerprint density at radius 2 is 1.77 bits per heavy atom. The summed E-state index contributed by atoms with van der Waals surface area (Å²) in [5.74, 6) is 0.744. The normalized spacial score (nSPS) is 15.0. The van der Waals surface area contributed by atoms with E-state index < -0.39 is 12.2 Å². The summed E-state index contributed by atoms with van der Waals surface area (Å²) in [6.07, 6.45) is 1.28. The van der Waals surface area contributed by atoms with E-state index in [-0.39, 0.29) is 19.3 Å². The fourth-order valence-electron chi connectivity index (χ4n) is 2.11. The van der Waals surface area contributed by atoms with Crippen LogP contribution in [0.2, 0.25) is 0 Å². The Hall–Kier alpha value is -1.70. The lowest BCUT2D eigenvalue weighted by Gasteiger charge is -2.17. The van der Waals surface area contributed by atoms with Gasteiger partial charge >= 0.3 is 0 Å². The molecule has 2 N–H and O–H groups in total. The Morgan fingerprint density at radius 3 is 2.35 bits per heavy atom. The minimum atomic E-state index is -1.03. The van der Waals surface area contributed by atoms with Crippen LogP contribution in [0.3, 0.4) is 0 Å². The zero-order valence-electron chi connectivity index (χ0n) is 15.8. The predicted octanol–water partition coefficient (Wildman–Crippen LogP) is 2.30. The predicted molar refractivity (Wildman–Crippen MR) is 99.9 cm³/mol. The van der Waals surface area contributed by atoms with Gasteiger partial charge in [0, 0.05) is 13.0 Å². The van der Waals surface area contributed by atoms with Gasteiger partial charge < -0.3 is 29.2 Å². The van der Waals surface area contributed by atoms with Gasteiger partial charge in [-0.05, 0) is 24.6 Å². The molecule has 1 aromatic carbocycles. The summed E-state index contributed by atoms with van der Waals surface area (Å²) in [6.45, 7) is 6.82. The molecule has 0 amide bonds. The molecule has 1 rings (SSSR count). The number of methoxy groups -OCH3 is 2. The van der Waals surface area contributed by atoms with Gasteiger partial charge in [0.05, 0.1) is 26.9 Å². The first-order valence-electron chi connectivity index (χ1n) is 8.45. The van der Waals surface area contributed by atoms with Crippen molar-refractivity contribution in [1.29, 1.82) is 0 Å². The van der Waals surface area contributed by atoms with Crippen LogP contribution in [0.15, 0.2) is 48.6 Å². The average molecular weight is 366 g/mol. The van der Waals surface area contributed by atoms with Gasteiger partial charge in [0.1, 0.15) is 24.8 Å². The van der Waals surface area contributed by atoms with Crippen molar-refractivity contribution in [2.75, 3.05) is 34.2 Å². The maximum absolute atomic E-state index is 9.96. The fourth-order valence-corrected chi connectivity index (χ4v) is 2.11. The van der Waals surface area contributed by atoms with Crippen molar-refractivity contribution in [3.05, 3.63) is 54.1 Å². The monoisotopic (exact) mass is 366 g/mol. The molecule has 0 fully saturated rings. The number of aliphatic hydroxyl groups is 2. The van der Waals surface area contributed by atoms with Crippen molar-refractivity contribution < 1.29 is 29.2 Å². The van der Waals surface area contributed by atoms with E-state index in [0.29, 0.717) is 13.2 Å². The Labute approximate surface area is 155 Å². The maximum atomic E-state index is 9.96. The highest BCUT2D eigenvalue weighted by Crippen LogP contribution is 2.15. The number of benzene rings is 1. The third-order valence-corrected chi connectivity index (χ3v) is 3.78. The van der Waals surface area contributed by atoms with Crippen LogP contribution < -0.4 is 4.74 Å². The number of hydrogen-bond donors (Lipinski definition) is 2. The fraction of sp³-hybridized carbons (Fsp3) is 0.500. The molecule has 0 aliphatic rings. The molecule has 6 nitrogen and oxygen atoms in total. The van der Waals surface area contributed by atoms with Crippen molar-refractivity contribution in [1.82, 2.24) is 0 Å². The van der Waals surface area contributed by atoms with Gasteiger partial charge in [-0.3, -0.25) is 0 Å². The summed E-state index contributed by atoms with van der Waals surface area (Å²) in [4.78, 5) is 0. The van der Waals surface area contributed by atoms with E-state index in [2.05, 4.69) is 6.58 Å². The van der Waals surface area contributed by atoms with E-state index in [1.54, 1.807) is 13.2 Å². The molecule has 26 heavy (non-hydrogen) atoms. The second kappa shape index (κ2) is 12.6. The van der Waals surface area contributed by atoms with Crippen LogP contribution in [0.1, 0.15) is 12.5 Å². The topological polar surface area (TPSA) is 77.4 Å². The molecule has 146 valence electrons. The highest BCUT2D eigenvalue weighted by Gasteiger charge is 2.14. The molecule has 0 aliphatic carbocycles. The molecular weight excluding hydrogens is 336 g/mol. The summed E-state index contributed by atoms with van der Waals surface area (Å²) in [7, 11) is 3.12. The third kappa shape index (κ3) is 8.60. The summed E-state index contributed by atoms with van der Waals surface area (Å²) in [5.41, 5.74) is 1.95. The van der Waals surface area contributed by atoms with Crippen LogP contribution in [0.5, 0.6) is 5.75 Å². The van der Waals surface area contributed by atoms with Gasteiger partial charge in [-0.15, -0.1) is 0 Å². The second-order valence-corrected chi connectivity index (χ2v) is 6.04. The van der Waals surface area contributed by atoms with E-state index >= 15 is 0 Å². The van der Waals surface area contributed by atoms with Gasteiger partial charge in [0.2, 0.25) is 0 Å². The van der Waals surface area contributed by atoms with E-state index in [9.17, 15) is 10.2 Å². The Bertz CT molecular complexity index is 540.